The average molecular weight is 317 g/mol. The van der Waals surface area contributed by atoms with Crippen LogP contribution in [-0.4, -0.2) is 21.7 Å². The van der Waals surface area contributed by atoms with Crippen molar-refractivity contribution in [3.8, 4) is 0 Å². The summed E-state index contributed by atoms with van der Waals surface area (Å²) < 4.78 is 39.1. The summed E-state index contributed by atoms with van der Waals surface area (Å²) in [7, 11) is 0. The quantitative estimate of drug-likeness (QED) is 0.804. The lowest BCUT2D eigenvalue weighted by molar-refractivity contribution is -0.0886. The number of benzene rings is 1. The third kappa shape index (κ3) is 3.26. The van der Waals surface area contributed by atoms with Gasteiger partial charge in [-0.05, 0) is 31.5 Å². The maximum atomic E-state index is 12.6. The van der Waals surface area contributed by atoms with Crippen molar-refractivity contribution in [3.05, 3.63) is 51.8 Å². The van der Waals surface area contributed by atoms with Gasteiger partial charge >= 0.3 is 6.18 Å². The van der Waals surface area contributed by atoms with E-state index in [0.717, 1.165) is 5.56 Å². The summed E-state index contributed by atoms with van der Waals surface area (Å²) in [6, 6.07) is 6.88. The van der Waals surface area contributed by atoms with Gasteiger partial charge in [-0.2, -0.15) is 18.3 Å². The lowest BCUT2D eigenvalue weighted by atomic mass is 10.1. The molecule has 0 aliphatic heterocycles. The number of aromatic nitrogens is 2. The van der Waals surface area contributed by atoms with Crippen molar-refractivity contribution in [1.82, 2.24) is 9.78 Å². The second-order valence-corrected chi connectivity index (χ2v) is 5.09. The highest BCUT2D eigenvalue weighted by Gasteiger charge is 2.42. The van der Waals surface area contributed by atoms with Crippen molar-refractivity contribution in [2.75, 3.05) is 0 Å². The second-order valence-electron chi connectivity index (χ2n) is 4.66. The van der Waals surface area contributed by atoms with Crippen LogP contribution in [0, 0.1) is 13.8 Å². The molecular formula is C14H12ClF3N2O. The molecule has 0 fully saturated rings. The summed E-state index contributed by atoms with van der Waals surface area (Å²) in [5, 5.41) is 4.59. The van der Waals surface area contributed by atoms with Crippen LogP contribution >= 0.6 is 11.6 Å². The van der Waals surface area contributed by atoms with E-state index in [-0.39, 0.29) is 23.5 Å². The summed E-state index contributed by atoms with van der Waals surface area (Å²) in [4.78, 5) is 11.4. The number of rotatable bonds is 3. The Morgan fingerprint density at radius 3 is 2.33 bits per heavy atom. The monoisotopic (exact) mass is 316 g/mol. The van der Waals surface area contributed by atoms with E-state index >= 15 is 0 Å². The zero-order valence-corrected chi connectivity index (χ0v) is 12.1. The molecule has 1 heterocycles. The number of alkyl halides is 3. The first-order valence-electron chi connectivity index (χ1n) is 6.10. The van der Waals surface area contributed by atoms with Crippen LogP contribution in [0.4, 0.5) is 13.2 Å². The minimum Gasteiger partial charge on any atom is -0.284 e. The molecule has 0 aliphatic rings. The average Bonchev–Trinajstić information content (AvgIpc) is 2.65. The Labute approximate surface area is 124 Å². The molecule has 0 spiro atoms. The fraction of sp³-hybridized carbons (Fsp3) is 0.286. The van der Waals surface area contributed by atoms with Crippen molar-refractivity contribution in [1.29, 1.82) is 0 Å². The molecule has 2 aromatic rings. The fourth-order valence-corrected chi connectivity index (χ4v) is 2.21. The van der Waals surface area contributed by atoms with Gasteiger partial charge in [0.05, 0.1) is 17.8 Å². The number of halogens is 4. The first-order chi connectivity index (χ1) is 9.70. The van der Waals surface area contributed by atoms with Gasteiger partial charge in [0.1, 0.15) is 0 Å². The van der Waals surface area contributed by atoms with Gasteiger partial charge in [0.15, 0.2) is 0 Å². The number of ketones is 1. The molecule has 0 N–H and O–H groups in total. The van der Waals surface area contributed by atoms with Crippen molar-refractivity contribution >= 4 is 17.4 Å². The van der Waals surface area contributed by atoms with Crippen LogP contribution in [0.1, 0.15) is 27.3 Å². The molecular weight excluding hydrogens is 305 g/mol. The van der Waals surface area contributed by atoms with Gasteiger partial charge in [-0.25, -0.2) is 0 Å². The SMILES string of the molecule is Cc1nn(Cc2ccc(Cl)cc2)c(C)c1C(=O)C(F)(F)F. The summed E-state index contributed by atoms with van der Waals surface area (Å²) in [5.74, 6) is -1.86. The zero-order chi connectivity index (χ0) is 15.8. The Kier molecular flexibility index (Phi) is 4.09. The maximum Gasteiger partial charge on any atom is 0.455 e. The molecule has 0 atom stereocenters. The molecule has 3 nitrogen and oxygen atoms in total. The molecule has 7 heteroatoms. The Morgan fingerprint density at radius 2 is 1.81 bits per heavy atom. The summed E-state index contributed by atoms with van der Waals surface area (Å²) >= 11 is 5.77. The number of carbonyl (C=O) groups is 1. The van der Waals surface area contributed by atoms with E-state index in [1.165, 1.54) is 18.5 Å². The zero-order valence-electron chi connectivity index (χ0n) is 11.3. The Bertz CT molecular complexity index is 675. The Balaban J connectivity index is 2.35. The van der Waals surface area contributed by atoms with Crippen LogP contribution in [0.3, 0.4) is 0 Å². The molecule has 0 aliphatic carbocycles. The van der Waals surface area contributed by atoms with Crippen molar-refractivity contribution in [2.45, 2.75) is 26.6 Å². The fourth-order valence-electron chi connectivity index (χ4n) is 2.08. The Morgan fingerprint density at radius 1 is 1.24 bits per heavy atom. The van der Waals surface area contributed by atoms with E-state index in [9.17, 15) is 18.0 Å². The van der Waals surface area contributed by atoms with Crippen LogP contribution < -0.4 is 0 Å². The molecule has 0 bridgehead atoms. The van der Waals surface area contributed by atoms with Gasteiger partial charge in [-0.3, -0.25) is 9.48 Å². The predicted molar refractivity (Wildman–Crippen MR) is 72.6 cm³/mol. The lowest BCUT2D eigenvalue weighted by Gasteiger charge is -2.07. The first-order valence-corrected chi connectivity index (χ1v) is 6.48. The highest BCUT2D eigenvalue weighted by molar-refractivity contribution is 6.30. The van der Waals surface area contributed by atoms with Crippen molar-refractivity contribution < 1.29 is 18.0 Å². The Hall–Kier alpha value is -1.82. The van der Waals surface area contributed by atoms with Gasteiger partial charge in [0.25, 0.3) is 5.78 Å². The van der Waals surface area contributed by atoms with E-state index in [2.05, 4.69) is 5.10 Å². The molecule has 0 unspecified atom stereocenters. The lowest BCUT2D eigenvalue weighted by Crippen LogP contribution is -2.24. The van der Waals surface area contributed by atoms with Gasteiger partial charge in [-0.1, -0.05) is 23.7 Å². The van der Waals surface area contributed by atoms with Crippen molar-refractivity contribution in [2.24, 2.45) is 0 Å². The molecule has 0 saturated carbocycles. The summed E-state index contributed by atoms with van der Waals surface area (Å²) in [6.45, 7) is 3.12. The van der Waals surface area contributed by atoms with E-state index in [4.69, 9.17) is 11.6 Å². The van der Waals surface area contributed by atoms with E-state index in [0.29, 0.717) is 5.02 Å². The van der Waals surface area contributed by atoms with E-state index in [1.54, 1.807) is 24.3 Å². The number of nitrogens with zero attached hydrogens (tertiary/aromatic N) is 2. The highest BCUT2D eigenvalue weighted by Crippen LogP contribution is 2.26. The predicted octanol–water partition coefficient (Wildman–Crippen LogP) is 3.95. The molecule has 1 aromatic carbocycles. The van der Waals surface area contributed by atoms with Gasteiger partial charge in [0, 0.05) is 10.7 Å². The smallest absolute Gasteiger partial charge is 0.284 e. The molecule has 0 amide bonds. The third-order valence-electron chi connectivity index (χ3n) is 3.11. The second kappa shape index (κ2) is 5.52. The number of aryl methyl sites for hydroxylation is 1. The molecule has 0 saturated heterocycles. The number of hydrogen-bond acceptors (Lipinski definition) is 2. The standard InChI is InChI=1S/C14H12ClF3N2O/c1-8-12(13(21)14(16,17)18)9(2)20(19-8)7-10-3-5-11(15)6-4-10/h3-6H,7H2,1-2H3. The van der Waals surface area contributed by atoms with Gasteiger partial charge < -0.3 is 0 Å². The first kappa shape index (κ1) is 15.6. The number of hydrogen-bond donors (Lipinski definition) is 0. The van der Waals surface area contributed by atoms with E-state index in [1.807, 2.05) is 0 Å². The summed E-state index contributed by atoms with van der Waals surface area (Å²) in [5.41, 5.74) is 0.723. The molecule has 2 rings (SSSR count). The van der Waals surface area contributed by atoms with Crippen LogP contribution in [-0.2, 0) is 6.54 Å². The third-order valence-corrected chi connectivity index (χ3v) is 3.36. The largest absolute Gasteiger partial charge is 0.455 e. The van der Waals surface area contributed by atoms with Crippen molar-refractivity contribution in [3.63, 3.8) is 0 Å². The molecule has 21 heavy (non-hydrogen) atoms. The number of carbonyl (C=O) groups excluding carboxylic acids is 1. The van der Waals surface area contributed by atoms with Gasteiger partial charge in [-0.15, -0.1) is 0 Å². The topological polar surface area (TPSA) is 34.9 Å². The highest BCUT2D eigenvalue weighted by atomic mass is 35.5. The number of Topliss-reactive ketones (excluding diaryl/α,β-unsaturated/α-hetero) is 1. The molecule has 112 valence electrons. The molecule has 1 aromatic heterocycles. The van der Waals surface area contributed by atoms with E-state index < -0.39 is 12.0 Å². The van der Waals surface area contributed by atoms with Crippen LogP contribution in [0.2, 0.25) is 5.02 Å². The normalized spacial score (nSPS) is 11.7. The molecule has 0 radical (unpaired) electrons. The van der Waals surface area contributed by atoms with Crippen LogP contribution in [0.25, 0.3) is 0 Å². The minimum atomic E-state index is -4.90. The maximum absolute atomic E-state index is 12.6. The van der Waals surface area contributed by atoms with Crippen LogP contribution in [0.15, 0.2) is 24.3 Å². The minimum absolute atomic E-state index is 0.0730. The van der Waals surface area contributed by atoms with Crippen LogP contribution in [0.5, 0.6) is 0 Å². The summed E-state index contributed by atoms with van der Waals surface area (Å²) in [6.07, 6.45) is -4.90. The van der Waals surface area contributed by atoms with Gasteiger partial charge in [0.2, 0.25) is 0 Å².